The van der Waals surface area contributed by atoms with Gasteiger partial charge in [0, 0.05) is 19.6 Å². The molecule has 3 N–H and O–H groups in total. The van der Waals surface area contributed by atoms with Gasteiger partial charge in [0.25, 0.3) is 0 Å². The lowest BCUT2D eigenvalue weighted by atomic mass is 10.1. The van der Waals surface area contributed by atoms with Crippen LogP contribution in [-0.2, 0) is 4.79 Å². The van der Waals surface area contributed by atoms with E-state index in [-0.39, 0.29) is 17.9 Å². The van der Waals surface area contributed by atoms with E-state index < -0.39 is 0 Å². The number of carbonyl (C=O) groups excluding carboxylic acids is 2. The number of nitrogens with two attached hydrogens (primary N) is 1. The molecule has 0 aromatic heterocycles. The highest BCUT2D eigenvalue weighted by molar-refractivity contribution is 5.80. The summed E-state index contributed by atoms with van der Waals surface area (Å²) in [6.07, 6.45) is 1.38. The Morgan fingerprint density at radius 3 is 2.75 bits per heavy atom. The number of urea groups is 1. The van der Waals surface area contributed by atoms with Crippen molar-refractivity contribution in [3.05, 3.63) is 28.8 Å². The SMILES string of the molecule is Cc1cc(C)c(C)c(OCCCNC(=O)N2CCC(C(N)=O)C2)c1. The number of nitrogens with zero attached hydrogens (tertiary/aromatic N) is 1. The summed E-state index contributed by atoms with van der Waals surface area (Å²) in [6, 6.07) is 4.04. The van der Waals surface area contributed by atoms with E-state index in [1.165, 1.54) is 11.1 Å². The molecule has 0 spiro atoms. The maximum absolute atomic E-state index is 12.0. The largest absolute Gasteiger partial charge is 0.493 e. The molecule has 1 fully saturated rings. The maximum atomic E-state index is 12.0. The van der Waals surface area contributed by atoms with E-state index in [2.05, 4.69) is 32.2 Å². The molecule has 2 rings (SSSR count). The molecule has 1 saturated heterocycles. The molecule has 1 aromatic carbocycles. The molecule has 0 aliphatic carbocycles. The fraction of sp³-hybridized carbons (Fsp3) is 0.556. The summed E-state index contributed by atoms with van der Waals surface area (Å²) in [5, 5.41) is 2.86. The molecule has 1 aliphatic heterocycles. The number of amides is 3. The molecule has 24 heavy (non-hydrogen) atoms. The molecule has 1 unspecified atom stereocenters. The lowest BCUT2D eigenvalue weighted by molar-refractivity contribution is -0.121. The zero-order chi connectivity index (χ0) is 17.7. The highest BCUT2D eigenvalue weighted by Gasteiger charge is 2.29. The van der Waals surface area contributed by atoms with Crippen molar-refractivity contribution in [1.82, 2.24) is 10.2 Å². The molecule has 1 heterocycles. The summed E-state index contributed by atoms with van der Waals surface area (Å²) in [5.41, 5.74) is 8.83. The average molecular weight is 333 g/mol. The van der Waals surface area contributed by atoms with Crippen LogP contribution < -0.4 is 15.8 Å². The number of nitrogens with one attached hydrogen (secondary N) is 1. The van der Waals surface area contributed by atoms with Gasteiger partial charge in [0.1, 0.15) is 5.75 Å². The number of rotatable bonds is 6. The summed E-state index contributed by atoms with van der Waals surface area (Å²) < 4.78 is 5.83. The van der Waals surface area contributed by atoms with Gasteiger partial charge in [-0.15, -0.1) is 0 Å². The summed E-state index contributed by atoms with van der Waals surface area (Å²) in [4.78, 5) is 24.8. The lowest BCUT2D eigenvalue weighted by Gasteiger charge is -2.17. The standard InChI is InChI=1S/C18H27N3O3/c1-12-9-13(2)14(3)16(10-12)24-8-4-6-20-18(23)21-7-5-15(11-21)17(19)22/h9-10,15H,4-8,11H2,1-3H3,(H2,19,22)(H,20,23). The van der Waals surface area contributed by atoms with Crippen LogP contribution in [0, 0.1) is 26.7 Å². The number of aryl methyl sites for hydroxylation is 2. The summed E-state index contributed by atoms with van der Waals surface area (Å²) in [7, 11) is 0. The van der Waals surface area contributed by atoms with Crippen LogP contribution in [-0.4, -0.2) is 43.1 Å². The van der Waals surface area contributed by atoms with Crippen LogP contribution in [0.2, 0.25) is 0 Å². The number of hydrogen-bond acceptors (Lipinski definition) is 3. The van der Waals surface area contributed by atoms with Gasteiger partial charge in [-0.3, -0.25) is 4.79 Å². The van der Waals surface area contributed by atoms with E-state index in [4.69, 9.17) is 10.5 Å². The third kappa shape index (κ3) is 4.63. The second-order valence-corrected chi connectivity index (χ2v) is 6.47. The van der Waals surface area contributed by atoms with Crippen LogP contribution in [0.5, 0.6) is 5.75 Å². The van der Waals surface area contributed by atoms with Crippen LogP contribution in [0.15, 0.2) is 12.1 Å². The van der Waals surface area contributed by atoms with Gasteiger partial charge in [-0.25, -0.2) is 4.79 Å². The van der Waals surface area contributed by atoms with Crippen LogP contribution >= 0.6 is 0 Å². The first kappa shape index (κ1) is 18.1. The molecular weight excluding hydrogens is 306 g/mol. The third-order valence-electron chi connectivity index (χ3n) is 4.50. The smallest absolute Gasteiger partial charge is 0.317 e. The van der Waals surface area contributed by atoms with Crippen LogP contribution in [0.25, 0.3) is 0 Å². The Balaban J connectivity index is 1.69. The number of hydrogen-bond donors (Lipinski definition) is 2. The van der Waals surface area contributed by atoms with Gasteiger partial charge < -0.3 is 20.7 Å². The molecule has 6 nitrogen and oxygen atoms in total. The first-order valence-corrected chi connectivity index (χ1v) is 8.41. The fourth-order valence-corrected chi connectivity index (χ4v) is 2.89. The van der Waals surface area contributed by atoms with E-state index in [0.717, 1.165) is 17.7 Å². The lowest BCUT2D eigenvalue weighted by Crippen LogP contribution is -2.40. The second-order valence-electron chi connectivity index (χ2n) is 6.47. The first-order valence-electron chi connectivity index (χ1n) is 8.41. The molecule has 0 bridgehead atoms. The minimum atomic E-state index is -0.331. The van der Waals surface area contributed by atoms with Crippen LogP contribution in [0.3, 0.4) is 0 Å². The highest BCUT2D eigenvalue weighted by Crippen LogP contribution is 2.23. The minimum Gasteiger partial charge on any atom is -0.493 e. The van der Waals surface area contributed by atoms with E-state index >= 15 is 0 Å². The summed E-state index contributed by atoms with van der Waals surface area (Å²) >= 11 is 0. The minimum absolute atomic E-state index is 0.138. The number of primary amides is 1. The van der Waals surface area contributed by atoms with Crippen molar-refractivity contribution in [2.75, 3.05) is 26.2 Å². The van der Waals surface area contributed by atoms with Crippen molar-refractivity contribution in [2.45, 2.75) is 33.6 Å². The van der Waals surface area contributed by atoms with Gasteiger partial charge in [0.2, 0.25) is 5.91 Å². The molecule has 1 aromatic rings. The number of likely N-dealkylation sites (tertiary alicyclic amines) is 1. The summed E-state index contributed by atoms with van der Waals surface area (Å²) in [6.45, 7) is 8.26. The van der Waals surface area contributed by atoms with Crippen molar-refractivity contribution in [1.29, 1.82) is 0 Å². The molecule has 3 amide bonds. The Morgan fingerprint density at radius 2 is 2.08 bits per heavy atom. The highest BCUT2D eigenvalue weighted by atomic mass is 16.5. The van der Waals surface area contributed by atoms with Gasteiger partial charge in [0.15, 0.2) is 0 Å². The van der Waals surface area contributed by atoms with E-state index in [0.29, 0.717) is 32.7 Å². The Bertz CT molecular complexity index is 616. The predicted octanol–water partition coefficient (Wildman–Crippen LogP) is 1.90. The Hall–Kier alpha value is -2.24. The normalized spacial score (nSPS) is 17.0. The molecule has 6 heteroatoms. The number of ether oxygens (including phenoxy) is 1. The van der Waals surface area contributed by atoms with Gasteiger partial charge >= 0.3 is 6.03 Å². The van der Waals surface area contributed by atoms with Gasteiger partial charge in [0.05, 0.1) is 12.5 Å². The average Bonchev–Trinajstić information content (AvgIpc) is 3.01. The molecule has 1 aliphatic rings. The van der Waals surface area contributed by atoms with Crippen molar-refractivity contribution in [2.24, 2.45) is 11.7 Å². The Morgan fingerprint density at radius 1 is 1.33 bits per heavy atom. The second kappa shape index (κ2) is 8.04. The van der Waals surface area contributed by atoms with Crippen molar-refractivity contribution >= 4 is 11.9 Å². The number of carbonyl (C=O) groups is 2. The van der Waals surface area contributed by atoms with Crippen LogP contribution in [0.4, 0.5) is 4.79 Å². The topological polar surface area (TPSA) is 84.7 Å². The third-order valence-corrected chi connectivity index (χ3v) is 4.50. The van der Waals surface area contributed by atoms with Gasteiger partial charge in [-0.2, -0.15) is 0 Å². The molecule has 0 radical (unpaired) electrons. The monoisotopic (exact) mass is 333 g/mol. The zero-order valence-electron chi connectivity index (χ0n) is 14.7. The predicted molar refractivity (Wildman–Crippen MR) is 93.0 cm³/mol. The van der Waals surface area contributed by atoms with Crippen molar-refractivity contribution < 1.29 is 14.3 Å². The van der Waals surface area contributed by atoms with E-state index in [1.807, 2.05) is 6.07 Å². The van der Waals surface area contributed by atoms with Crippen molar-refractivity contribution in [3.63, 3.8) is 0 Å². The van der Waals surface area contributed by atoms with E-state index in [1.54, 1.807) is 4.90 Å². The Kier molecular flexibility index (Phi) is 6.06. The molecule has 1 atom stereocenters. The van der Waals surface area contributed by atoms with Gasteiger partial charge in [-0.1, -0.05) is 6.07 Å². The van der Waals surface area contributed by atoms with Crippen molar-refractivity contribution in [3.8, 4) is 5.75 Å². The zero-order valence-corrected chi connectivity index (χ0v) is 14.7. The quantitative estimate of drug-likeness (QED) is 0.780. The first-order chi connectivity index (χ1) is 11.4. The number of benzene rings is 1. The van der Waals surface area contributed by atoms with Gasteiger partial charge in [-0.05, 0) is 56.4 Å². The Labute approximate surface area is 143 Å². The van der Waals surface area contributed by atoms with E-state index in [9.17, 15) is 9.59 Å². The van der Waals surface area contributed by atoms with Crippen LogP contribution in [0.1, 0.15) is 29.5 Å². The maximum Gasteiger partial charge on any atom is 0.317 e. The fourth-order valence-electron chi connectivity index (χ4n) is 2.89. The molecule has 132 valence electrons. The molecular formula is C18H27N3O3. The molecule has 0 saturated carbocycles. The summed E-state index contributed by atoms with van der Waals surface area (Å²) in [5.74, 6) is 0.358.